The number of hydrogen-bond acceptors (Lipinski definition) is 5. The minimum absolute atomic E-state index is 0.425. The van der Waals surface area contributed by atoms with Crippen molar-refractivity contribution in [1.29, 1.82) is 0 Å². The molecule has 0 atom stereocenters. The maximum atomic E-state index is 5.33. The van der Waals surface area contributed by atoms with Crippen molar-refractivity contribution < 1.29 is 14.2 Å². The van der Waals surface area contributed by atoms with Gasteiger partial charge >= 0.3 is 0 Å². The van der Waals surface area contributed by atoms with Gasteiger partial charge in [0.15, 0.2) is 0 Å². The number of ether oxygens (including phenoxy) is 3. The first-order valence-electron chi connectivity index (χ1n) is 5.83. The Morgan fingerprint density at radius 2 is 1.95 bits per heavy atom. The largest absolute Gasteiger partial charge is 0.481 e. The van der Waals surface area contributed by atoms with E-state index in [1.54, 1.807) is 27.4 Å². The predicted octanol–water partition coefficient (Wildman–Crippen LogP) is 1.94. The van der Waals surface area contributed by atoms with E-state index in [2.05, 4.69) is 15.2 Å². The molecule has 6 nitrogen and oxygen atoms in total. The summed E-state index contributed by atoms with van der Waals surface area (Å²) < 4.78 is 15.6. The fraction of sp³-hybridized carbons (Fsp3) is 0.385. The summed E-state index contributed by atoms with van der Waals surface area (Å²) in [7, 11) is 4.79. The third-order valence-corrected chi connectivity index (χ3v) is 2.81. The molecule has 0 unspecified atom stereocenters. The Morgan fingerprint density at radius 3 is 2.58 bits per heavy atom. The Kier molecular flexibility index (Phi) is 4.01. The topological polar surface area (TPSA) is 69.3 Å². The number of pyridine rings is 1. The van der Waals surface area contributed by atoms with Crippen molar-refractivity contribution in [2.75, 3.05) is 21.3 Å². The SMILES string of the molecule is COCc1n[nH]c(C)c1-c1ccc(OC)nc1OC. The van der Waals surface area contributed by atoms with Gasteiger partial charge in [0, 0.05) is 30.0 Å². The minimum atomic E-state index is 0.425. The molecule has 19 heavy (non-hydrogen) atoms. The fourth-order valence-corrected chi connectivity index (χ4v) is 1.96. The highest BCUT2D eigenvalue weighted by Crippen LogP contribution is 2.34. The first-order chi connectivity index (χ1) is 9.21. The van der Waals surface area contributed by atoms with Crippen LogP contribution >= 0.6 is 0 Å². The van der Waals surface area contributed by atoms with Crippen LogP contribution in [0.3, 0.4) is 0 Å². The lowest BCUT2D eigenvalue weighted by molar-refractivity contribution is 0.182. The molecule has 0 amide bonds. The van der Waals surface area contributed by atoms with Crippen molar-refractivity contribution in [2.45, 2.75) is 13.5 Å². The van der Waals surface area contributed by atoms with Gasteiger partial charge in [-0.2, -0.15) is 10.1 Å². The Bertz CT molecular complexity index is 566. The molecule has 0 aliphatic rings. The second-order valence-electron chi connectivity index (χ2n) is 4.01. The van der Waals surface area contributed by atoms with Crippen molar-refractivity contribution in [3.8, 4) is 22.9 Å². The second kappa shape index (κ2) is 5.71. The van der Waals surface area contributed by atoms with E-state index in [0.29, 0.717) is 18.4 Å². The van der Waals surface area contributed by atoms with Crippen LogP contribution in [0.5, 0.6) is 11.8 Å². The first kappa shape index (κ1) is 13.4. The van der Waals surface area contributed by atoms with Crippen LogP contribution in [0.4, 0.5) is 0 Å². The zero-order chi connectivity index (χ0) is 13.8. The molecule has 6 heteroatoms. The van der Waals surface area contributed by atoms with Gasteiger partial charge in [-0.05, 0) is 13.0 Å². The van der Waals surface area contributed by atoms with Gasteiger partial charge in [0.05, 0.1) is 26.5 Å². The number of nitrogens with zero attached hydrogens (tertiary/aromatic N) is 2. The van der Waals surface area contributed by atoms with E-state index < -0.39 is 0 Å². The molecular weight excluding hydrogens is 246 g/mol. The molecule has 0 aromatic carbocycles. The molecule has 102 valence electrons. The molecule has 1 N–H and O–H groups in total. The fourth-order valence-electron chi connectivity index (χ4n) is 1.96. The van der Waals surface area contributed by atoms with E-state index in [9.17, 15) is 0 Å². The number of nitrogens with one attached hydrogen (secondary N) is 1. The molecule has 0 saturated heterocycles. The Balaban J connectivity index is 2.54. The Hall–Kier alpha value is -2.08. The van der Waals surface area contributed by atoms with Gasteiger partial charge in [-0.15, -0.1) is 0 Å². The molecule has 0 bridgehead atoms. The summed E-state index contributed by atoms with van der Waals surface area (Å²) in [6.07, 6.45) is 0. The first-order valence-corrected chi connectivity index (χ1v) is 5.83. The number of aromatic nitrogens is 3. The number of H-pyrrole nitrogens is 1. The number of methoxy groups -OCH3 is 3. The van der Waals surface area contributed by atoms with E-state index in [0.717, 1.165) is 22.5 Å². The van der Waals surface area contributed by atoms with Crippen molar-refractivity contribution in [2.24, 2.45) is 0 Å². The van der Waals surface area contributed by atoms with E-state index >= 15 is 0 Å². The predicted molar refractivity (Wildman–Crippen MR) is 70.4 cm³/mol. The van der Waals surface area contributed by atoms with E-state index in [4.69, 9.17) is 14.2 Å². The Labute approximate surface area is 111 Å². The van der Waals surface area contributed by atoms with Crippen LogP contribution in [0.15, 0.2) is 12.1 Å². The monoisotopic (exact) mass is 263 g/mol. The summed E-state index contributed by atoms with van der Waals surface area (Å²) in [5.41, 5.74) is 3.58. The molecule has 0 spiro atoms. The maximum Gasteiger partial charge on any atom is 0.224 e. The van der Waals surface area contributed by atoms with Gasteiger partial charge in [-0.3, -0.25) is 5.10 Å². The van der Waals surface area contributed by atoms with Gasteiger partial charge < -0.3 is 14.2 Å². The standard InChI is InChI=1S/C13H17N3O3/c1-8-12(10(7-17-2)16-15-8)9-5-6-11(18-3)14-13(9)19-4/h5-6H,7H2,1-4H3,(H,15,16). The van der Waals surface area contributed by atoms with Crippen molar-refractivity contribution in [1.82, 2.24) is 15.2 Å². The third kappa shape index (κ3) is 2.53. The van der Waals surface area contributed by atoms with Gasteiger partial charge in [-0.25, -0.2) is 0 Å². The normalized spacial score (nSPS) is 10.5. The summed E-state index contributed by atoms with van der Waals surface area (Å²) in [5, 5.41) is 7.19. The molecule has 0 aliphatic heterocycles. The zero-order valence-electron chi connectivity index (χ0n) is 11.5. The highest BCUT2D eigenvalue weighted by molar-refractivity contribution is 5.73. The second-order valence-corrected chi connectivity index (χ2v) is 4.01. The quantitative estimate of drug-likeness (QED) is 0.892. The minimum Gasteiger partial charge on any atom is -0.481 e. The smallest absolute Gasteiger partial charge is 0.224 e. The molecule has 0 radical (unpaired) electrons. The van der Waals surface area contributed by atoms with E-state index in [1.807, 2.05) is 13.0 Å². The van der Waals surface area contributed by atoms with Crippen LogP contribution < -0.4 is 9.47 Å². The van der Waals surface area contributed by atoms with Gasteiger partial charge in [0.2, 0.25) is 11.8 Å². The van der Waals surface area contributed by atoms with Crippen molar-refractivity contribution >= 4 is 0 Å². The average molecular weight is 263 g/mol. The maximum absolute atomic E-state index is 5.33. The summed E-state index contributed by atoms with van der Waals surface area (Å²) in [6.45, 7) is 2.38. The molecule has 2 heterocycles. The van der Waals surface area contributed by atoms with Crippen LogP contribution in [0.1, 0.15) is 11.4 Å². The summed E-state index contributed by atoms with van der Waals surface area (Å²) in [6, 6.07) is 3.70. The van der Waals surface area contributed by atoms with Crippen LogP contribution in [-0.4, -0.2) is 36.5 Å². The lowest BCUT2D eigenvalue weighted by atomic mass is 10.1. The summed E-state index contributed by atoms with van der Waals surface area (Å²) in [5.74, 6) is 1.01. The molecule has 0 aliphatic carbocycles. The molecule has 0 fully saturated rings. The highest BCUT2D eigenvalue weighted by Gasteiger charge is 2.17. The molecule has 2 rings (SSSR count). The van der Waals surface area contributed by atoms with E-state index in [-0.39, 0.29) is 0 Å². The lowest BCUT2D eigenvalue weighted by Gasteiger charge is -2.10. The third-order valence-electron chi connectivity index (χ3n) is 2.81. The van der Waals surface area contributed by atoms with E-state index in [1.165, 1.54) is 0 Å². The number of rotatable bonds is 5. The number of hydrogen-bond donors (Lipinski definition) is 1. The van der Waals surface area contributed by atoms with Gasteiger partial charge in [0.1, 0.15) is 0 Å². The van der Waals surface area contributed by atoms with Crippen molar-refractivity contribution in [3.05, 3.63) is 23.5 Å². The molecule has 2 aromatic rings. The highest BCUT2D eigenvalue weighted by atomic mass is 16.5. The summed E-state index contributed by atoms with van der Waals surface area (Å²) >= 11 is 0. The lowest BCUT2D eigenvalue weighted by Crippen LogP contribution is -1.97. The molecular formula is C13H17N3O3. The number of aromatic amines is 1. The molecule has 2 aromatic heterocycles. The number of aryl methyl sites for hydroxylation is 1. The van der Waals surface area contributed by atoms with Crippen LogP contribution in [-0.2, 0) is 11.3 Å². The van der Waals surface area contributed by atoms with Crippen molar-refractivity contribution in [3.63, 3.8) is 0 Å². The van der Waals surface area contributed by atoms with Crippen LogP contribution in [0.25, 0.3) is 11.1 Å². The van der Waals surface area contributed by atoms with Crippen LogP contribution in [0, 0.1) is 6.92 Å². The van der Waals surface area contributed by atoms with Gasteiger partial charge in [-0.1, -0.05) is 0 Å². The average Bonchev–Trinajstić information content (AvgIpc) is 2.79. The zero-order valence-corrected chi connectivity index (χ0v) is 11.5. The van der Waals surface area contributed by atoms with Crippen LogP contribution in [0.2, 0.25) is 0 Å². The molecule has 0 saturated carbocycles. The van der Waals surface area contributed by atoms with Gasteiger partial charge in [0.25, 0.3) is 0 Å². The Morgan fingerprint density at radius 1 is 1.16 bits per heavy atom. The summed E-state index contributed by atoms with van der Waals surface area (Å²) in [4.78, 5) is 4.28.